The molecule has 2 aliphatic heterocycles. The fraction of sp³-hybridized carbons (Fsp3) is 0.733. The molecule has 0 spiro atoms. The van der Waals surface area contributed by atoms with Crippen LogP contribution in [0.3, 0.4) is 0 Å². The molecule has 8 heteroatoms. The molecule has 3 heterocycles. The van der Waals surface area contributed by atoms with E-state index in [1.54, 1.807) is 16.9 Å². The van der Waals surface area contributed by atoms with Crippen molar-refractivity contribution >= 4 is 21.7 Å². The van der Waals surface area contributed by atoms with Gasteiger partial charge >= 0.3 is 6.03 Å². The van der Waals surface area contributed by atoms with Crippen LogP contribution in [0.15, 0.2) is 12.3 Å². The number of rotatable bonds is 2. The summed E-state index contributed by atoms with van der Waals surface area (Å²) in [5, 5.41) is 7.12. The van der Waals surface area contributed by atoms with E-state index >= 15 is 0 Å². The van der Waals surface area contributed by atoms with Crippen LogP contribution in [0, 0.1) is 5.92 Å². The maximum Gasteiger partial charge on any atom is 0.323 e. The molecule has 1 N–H and O–H groups in total. The van der Waals surface area contributed by atoms with Gasteiger partial charge in [-0.15, -0.1) is 0 Å². The van der Waals surface area contributed by atoms with Crippen molar-refractivity contribution in [2.24, 2.45) is 5.92 Å². The molecule has 2 atom stereocenters. The predicted octanol–water partition coefficient (Wildman–Crippen LogP) is 1.90. The molecule has 2 aliphatic rings. The Labute approximate surface area is 137 Å². The van der Waals surface area contributed by atoms with Crippen molar-refractivity contribution in [3.8, 4) is 0 Å². The molecule has 0 aromatic carbocycles. The lowest BCUT2D eigenvalue weighted by molar-refractivity contribution is 0.207. The number of sulfone groups is 1. The summed E-state index contributed by atoms with van der Waals surface area (Å²) in [5.74, 6) is 1.37. The molecular formula is C15H24N4O3S. The second kappa shape index (κ2) is 6.51. The SMILES string of the molecule is C[C@H]1CCCCN(C(=O)Nc2ccnn2[C@@H]2CCS(=O)(=O)C2)C1. The third kappa shape index (κ3) is 3.85. The van der Waals surface area contributed by atoms with Crippen molar-refractivity contribution in [1.82, 2.24) is 14.7 Å². The number of amides is 2. The van der Waals surface area contributed by atoms with E-state index in [1.165, 1.54) is 0 Å². The highest BCUT2D eigenvalue weighted by Gasteiger charge is 2.31. The van der Waals surface area contributed by atoms with Gasteiger partial charge in [-0.25, -0.2) is 17.9 Å². The van der Waals surface area contributed by atoms with Gasteiger partial charge in [-0.2, -0.15) is 5.10 Å². The standard InChI is InChI=1S/C15H24N4O3S/c1-12-4-2-3-8-18(10-12)15(20)17-14-5-7-16-19(14)13-6-9-23(21,22)11-13/h5,7,12-13H,2-4,6,8-11H2,1H3,(H,17,20)/t12-,13+/m0/s1. The van der Waals surface area contributed by atoms with E-state index in [-0.39, 0.29) is 23.6 Å². The van der Waals surface area contributed by atoms with Crippen LogP contribution < -0.4 is 5.32 Å². The molecule has 0 saturated carbocycles. The zero-order chi connectivity index (χ0) is 16.4. The Morgan fingerprint density at radius 3 is 2.91 bits per heavy atom. The number of aromatic nitrogens is 2. The molecule has 0 aliphatic carbocycles. The molecule has 3 rings (SSSR count). The average molecular weight is 340 g/mol. The minimum atomic E-state index is -2.98. The Bertz CT molecular complexity index is 670. The number of urea groups is 1. The predicted molar refractivity (Wildman–Crippen MR) is 88.1 cm³/mol. The summed E-state index contributed by atoms with van der Waals surface area (Å²) in [5.41, 5.74) is 0. The van der Waals surface area contributed by atoms with Crippen LogP contribution in [-0.2, 0) is 9.84 Å². The smallest absolute Gasteiger partial charge is 0.323 e. The number of anilines is 1. The van der Waals surface area contributed by atoms with Gasteiger partial charge in [0.15, 0.2) is 9.84 Å². The molecule has 128 valence electrons. The summed E-state index contributed by atoms with van der Waals surface area (Å²) >= 11 is 0. The van der Waals surface area contributed by atoms with Gasteiger partial charge in [-0.1, -0.05) is 13.3 Å². The van der Waals surface area contributed by atoms with Crippen LogP contribution in [0.5, 0.6) is 0 Å². The normalized spacial score (nSPS) is 27.6. The molecule has 0 unspecified atom stereocenters. The third-order valence-corrected chi connectivity index (χ3v) is 6.40. The maximum atomic E-state index is 12.5. The Hall–Kier alpha value is -1.57. The first-order valence-corrected chi connectivity index (χ1v) is 10.1. The molecular weight excluding hydrogens is 316 g/mol. The topological polar surface area (TPSA) is 84.3 Å². The van der Waals surface area contributed by atoms with Crippen molar-refractivity contribution in [3.63, 3.8) is 0 Å². The second-order valence-electron chi connectivity index (χ2n) is 6.69. The van der Waals surface area contributed by atoms with Crippen molar-refractivity contribution in [2.45, 2.75) is 38.6 Å². The van der Waals surface area contributed by atoms with Crippen molar-refractivity contribution in [2.75, 3.05) is 29.9 Å². The monoisotopic (exact) mass is 340 g/mol. The fourth-order valence-corrected chi connectivity index (χ4v) is 5.09. The fourth-order valence-electron chi connectivity index (χ4n) is 3.40. The highest BCUT2D eigenvalue weighted by molar-refractivity contribution is 7.91. The van der Waals surface area contributed by atoms with Crippen LogP contribution in [-0.4, -0.2) is 53.7 Å². The van der Waals surface area contributed by atoms with Gasteiger partial charge in [0.2, 0.25) is 0 Å². The molecule has 23 heavy (non-hydrogen) atoms. The zero-order valence-electron chi connectivity index (χ0n) is 13.4. The maximum absolute atomic E-state index is 12.5. The lowest BCUT2D eigenvalue weighted by Gasteiger charge is -2.23. The number of nitrogens with one attached hydrogen (secondary N) is 1. The highest BCUT2D eigenvalue weighted by Crippen LogP contribution is 2.26. The van der Waals surface area contributed by atoms with Gasteiger partial charge in [0.1, 0.15) is 5.82 Å². The van der Waals surface area contributed by atoms with Crippen LogP contribution in [0.4, 0.5) is 10.6 Å². The van der Waals surface area contributed by atoms with E-state index in [1.807, 2.05) is 4.90 Å². The lowest BCUT2D eigenvalue weighted by atomic mass is 10.1. The summed E-state index contributed by atoms with van der Waals surface area (Å²) in [6.07, 6.45) is 5.49. The van der Waals surface area contributed by atoms with Gasteiger partial charge in [0.05, 0.1) is 23.7 Å². The Morgan fingerprint density at radius 1 is 1.35 bits per heavy atom. The number of nitrogens with zero attached hydrogens (tertiary/aromatic N) is 3. The van der Waals surface area contributed by atoms with Crippen LogP contribution in [0.2, 0.25) is 0 Å². The number of likely N-dealkylation sites (tertiary alicyclic amines) is 1. The lowest BCUT2D eigenvalue weighted by Crippen LogP contribution is -2.38. The number of hydrogen-bond acceptors (Lipinski definition) is 4. The highest BCUT2D eigenvalue weighted by atomic mass is 32.2. The molecule has 0 radical (unpaired) electrons. The molecule has 2 saturated heterocycles. The Balaban J connectivity index is 1.69. The first kappa shape index (κ1) is 16.3. The van der Waals surface area contributed by atoms with Gasteiger partial charge in [0, 0.05) is 19.2 Å². The molecule has 1 aromatic heterocycles. The Morgan fingerprint density at radius 2 is 2.17 bits per heavy atom. The summed E-state index contributed by atoms with van der Waals surface area (Å²) in [6, 6.07) is 1.42. The first-order valence-electron chi connectivity index (χ1n) is 8.24. The van der Waals surface area contributed by atoms with Crippen molar-refractivity contribution in [3.05, 3.63) is 12.3 Å². The summed E-state index contributed by atoms with van der Waals surface area (Å²) < 4.78 is 25.0. The number of carbonyl (C=O) groups is 1. The number of hydrogen-bond donors (Lipinski definition) is 1. The van der Waals surface area contributed by atoms with Crippen LogP contribution in [0.25, 0.3) is 0 Å². The van der Waals surface area contributed by atoms with E-state index in [9.17, 15) is 13.2 Å². The van der Waals surface area contributed by atoms with Crippen molar-refractivity contribution in [1.29, 1.82) is 0 Å². The number of carbonyl (C=O) groups excluding carboxylic acids is 1. The summed E-state index contributed by atoms with van der Waals surface area (Å²) in [6.45, 7) is 3.69. The van der Waals surface area contributed by atoms with Gasteiger partial charge in [-0.05, 0) is 25.2 Å². The molecule has 2 fully saturated rings. The largest absolute Gasteiger partial charge is 0.324 e. The van der Waals surface area contributed by atoms with E-state index in [4.69, 9.17) is 0 Å². The van der Waals surface area contributed by atoms with E-state index < -0.39 is 9.84 Å². The summed E-state index contributed by atoms with van der Waals surface area (Å²) in [7, 11) is -2.98. The minimum absolute atomic E-state index is 0.0955. The van der Waals surface area contributed by atoms with Crippen LogP contribution in [0.1, 0.15) is 38.6 Å². The first-order chi connectivity index (χ1) is 10.9. The second-order valence-corrected chi connectivity index (χ2v) is 8.92. The van der Waals surface area contributed by atoms with E-state index in [2.05, 4.69) is 17.3 Å². The molecule has 7 nitrogen and oxygen atoms in total. The minimum Gasteiger partial charge on any atom is -0.324 e. The average Bonchev–Trinajstić information content (AvgIpc) is 3.01. The quantitative estimate of drug-likeness (QED) is 0.891. The third-order valence-electron chi connectivity index (χ3n) is 4.65. The molecule has 2 amide bonds. The van der Waals surface area contributed by atoms with Gasteiger partial charge in [0.25, 0.3) is 0 Å². The molecule has 1 aromatic rings. The Kier molecular flexibility index (Phi) is 4.61. The van der Waals surface area contributed by atoms with Gasteiger partial charge in [-0.3, -0.25) is 5.32 Å². The van der Waals surface area contributed by atoms with Crippen molar-refractivity contribution < 1.29 is 13.2 Å². The summed E-state index contributed by atoms with van der Waals surface area (Å²) in [4.78, 5) is 14.4. The van der Waals surface area contributed by atoms with Crippen LogP contribution >= 0.6 is 0 Å². The van der Waals surface area contributed by atoms with Gasteiger partial charge < -0.3 is 4.90 Å². The van der Waals surface area contributed by atoms with E-state index in [0.717, 1.165) is 32.4 Å². The van der Waals surface area contributed by atoms with E-state index in [0.29, 0.717) is 18.2 Å². The molecule has 0 bridgehead atoms. The zero-order valence-corrected chi connectivity index (χ0v) is 14.3.